The van der Waals surface area contributed by atoms with Crippen LogP contribution in [0.4, 0.5) is 0 Å². The third kappa shape index (κ3) is 6.27. The maximum absolute atomic E-state index is 5.77. The summed E-state index contributed by atoms with van der Waals surface area (Å²) in [5.41, 5.74) is 2.56. The Bertz CT molecular complexity index is 886. The number of benzene rings is 1. The van der Waals surface area contributed by atoms with Crippen molar-refractivity contribution < 1.29 is 9.47 Å². The second-order valence-electron chi connectivity index (χ2n) is 8.41. The molecule has 174 valence electrons. The first-order valence-corrected chi connectivity index (χ1v) is 11.5. The number of ether oxygens (including phenoxy) is 2. The van der Waals surface area contributed by atoms with Crippen molar-refractivity contribution in [2.24, 2.45) is 12.0 Å². The molecule has 0 radical (unpaired) electrons. The van der Waals surface area contributed by atoms with Crippen molar-refractivity contribution in [2.45, 2.75) is 45.5 Å². The van der Waals surface area contributed by atoms with Gasteiger partial charge in [0.25, 0.3) is 0 Å². The van der Waals surface area contributed by atoms with Gasteiger partial charge in [0.15, 0.2) is 11.8 Å². The van der Waals surface area contributed by atoms with E-state index in [1.807, 2.05) is 18.5 Å². The molecule has 0 aliphatic carbocycles. The summed E-state index contributed by atoms with van der Waals surface area (Å²) in [4.78, 5) is 7.34. The van der Waals surface area contributed by atoms with Gasteiger partial charge in [0.2, 0.25) is 0 Å². The number of hydrogen-bond donors (Lipinski definition) is 2. The van der Waals surface area contributed by atoms with E-state index >= 15 is 0 Å². The summed E-state index contributed by atoms with van der Waals surface area (Å²) in [5, 5.41) is 15.3. The first-order chi connectivity index (χ1) is 15.7. The molecule has 9 heteroatoms. The lowest BCUT2D eigenvalue weighted by molar-refractivity contribution is 0.0341. The van der Waals surface area contributed by atoms with Crippen LogP contribution in [0, 0.1) is 6.92 Å². The number of guanidine groups is 1. The topological polar surface area (TPSA) is 88.8 Å². The summed E-state index contributed by atoms with van der Waals surface area (Å²) < 4.78 is 13.2. The van der Waals surface area contributed by atoms with Crippen LogP contribution in [-0.2, 0) is 36.2 Å². The lowest BCUT2D eigenvalue weighted by Crippen LogP contribution is -2.41. The van der Waals surface area contributed by atoms with E-state index in [1.54, 1.807) is 0 Å². The lowest BCUT2D eigenvalue weighted by atomic mass is 10.1. The first kappa shape index (κ1) is 22.7. The highest BCUT2D eigenvalue weighted by Crippen LogP contribution is 2.14. The van der Waals surface area contributed by atoms with Gasteiger partial charge in [0.1, 0.15) is 5.82 Å². The van der Waals surface area contributed by atoms with Crippen LogP contribution in [-0.4, -0.2) is 71.2 Å². The highest BCUT2D eigenvalue weighted by atomic mass is 16.5. The SMILES string of the molecule is Cc1nnc(CNC(=NCc2ccccc2CN2CCOCC2)NCC2CCCO2)n1C. The van der Waals surface area contributed by atoms with Crippen LogP contribution in [0.5, 0.6) is 0 Å². The Balaban J connectivity index is 1.42. The molecule has 1 atom stereocenters. The van der Waals surface area contributed by atoms with E-state index in [0.717, 1.165) is 76.4 Å². The van der Waals surface area contributed by atoms with Gasteiger partial charge in [-0.25, -0.2) is 4.99 Å². The third-order valence-corrected chi connectivity index (χ3v) is 6.14. The van der Waals surface area contributed by atoms with Gasteiger partial charge < -0.3 is 24.7 Å². The monoisotopic (exact) mass is 441 g/mol. The summed E-state index contributed by atoms with van der Waals surface area (Å²) in [7, 11) is 1.98. The minimum Gasteiger partial charge on any atom is -0.379 e. The summed E-state index contributed by atoms with van der Waals surface area (Å²) in [6.45, 7) is 9.22. The lowest BCUT2D eigenvalue weighted by Gasteiger charge is -2.27. The van der Waals surface area contributed by atoms with Gasteiger partial charge >= 0.3 is 0 Å². The third-order valence-electron chi connectivity index (χ3n) is 6.14. The zero-order valence-corrected chi connectivity index (χ0v) is 19.2. The fourth-order valence-corrected chi connectivity index (χ4v) is 3.99. The van der Waals surface area contributed by atoms with Crippen LogP contribution < -0.4 is 10.6 Å². The molecule has 2 saturated heterocycles. The minimum atomic E-state index is 0.243. The zero-order valence-electron chi connectivity index (χ0n) is 19.2. The van der Waals surface area contributed by atoms with Gasteiger partial charge in [-0.3, -0.25) is 4.90 Å². The molecule has 0 saturated carbocycles. The van der Waals surface area contributed by atoms with E-state index in [2.05, 4.69) is 50.0 Å². The van der Waals surface area contributed by atoms with Crippen molar-refractivity contribution >= 4 is 5.96 Å². The molecule has 2 aromatic rings. The van der Waals surface area contributed by atoms with E-state index < -0.39 is 0 Å². The molecule has 1 aromatic carbocycles. The predicted octanol–water partition coefficient (Wildman–Crippen LogP) is 1.37. The number of nitrogens with zero attached hydrogens (tertiary/aromatic N) is 5. The van der Waals surface area contributed by atoms with Crippen LogP contribution in [0.15, 0.2) is 29.3 Å². The van der Waals surface area contributed by atoms with E-state index in [4.69, 9.17) is 14.5 Å². The Hall–Kier alpha value is -2.49. The molecule has 1 unspecified atom stereocenters. The van der Waals surface area contributed by atoms with Gasteiger partial charge in [-0.15, -0.1) is 10.2 Å². The molecule has 3 heterocycles. The van der Waals surface area contributed by atoms with Crippen LogP contribution in [0.3, 0.4) is 0 Å². The quantitative estimate of drug-likeness (QED) is 0.472. The second-order valence-corrected chi connectivity index (χ2v) is 8.41. The van der Waals surface area contributed by atoms with Crippen molar-refractivity contribution in [1.82, 2.24) is 30.3 Å². The van der Waals surface area contributed by atoms with E-state index in [1.165, 1.54) is 11.1 Å². The molecule has 32 heavy (non-hydrogen) atoms. The highest BCUT2D eigenvalue weighted by molar-refractivity contribution is 5.79. The van der Waals surface area contributed by atoms with E-state index in [9.17, 15) is 0 Å². The van der Waals surface area contributed by atoms with Crippen molar-refractivity contribution in [1.29, 1.82) is 0 Å². The average molecular weight is 442 g/mol. The fraction of sp³-hybridized carbons (Fsp3) is 0.609. The molecule has 0 amide bonds. The number of hydrogen-bond acceptors (Lipinski definition) is 6. The summed E-state index contributed by atoms with van der Waals surface area (Å²) in [6, 6.07) is 8.57. The van der Waals surface area contributed by atoms with Crippen LogP contribution in [0.1, 0.15) is 35.6 Å². The normalized spacial score (nSPS) is 19.9. The molecule has 4 rings (SSSR count). The van der Waals surface area contributed by atoms with Gasteiger partial charge in [-0.2, -0.15) is 0 Å². The molecule has 2 aliphatic heterocycles. The Morgan fingerprint density at radius 2 is 1.94 bits per heavy atom. The van der Waals surface area contributed by atoms with Crippen molar-refractivity contribution in [3.63, 3.8) is 0 Å². The van der Waals surface area contributed by atoms with E-state index in [0.29, 0.717) is 13.1 Å². The van der Waals surface area contributed by atoms with Crippen molar-refractivity contribution in [2.75, 3.05) is 39.5 Å². The number of nitrogens with one attached hydrogen (secondary N) is 2. The van der Waals surface area contributed by atoms with Crippen molar-refractivity contribution in [3.05, 3.63) is 47.0 Å². The smallest absolute Gasteiger partial charge is 0.192 e. The number of aromatic nitrogens is 3. The highest BCUT2D eigenvalue weighted by Gasteiger charge is 2.16. The molecule has 9 nitrogen and oxygen atoms in total. The maximum Gasteiger partial charge on any atom is 0.192 e. The molecular weight excluding hydrogens is 406 g/mol. The van der Waals surface area contributed by atoms with Crippen molar-refractivity contribution in [3.8, 4) is 0 Å². The van der Waals surface area contributed by atoms with Gasteiger partial charge in [-0.1, -0.05) is 24.3 Å². The predicted molar refractivity (Wildman–Crippen MR) is 123 cm³/mol. The first-order valence-electron chi connectivity index (χ1n) is 11.5. The standard InChI is InChI=1S/C23H35N7O2/c1-18-27-28-22(29(18)2)16-26-23(25-15-21-8-5-11-32-21)24-14-19-6-3-4-7-20(19)17-30-9-12-31-13-10-30/h3-4,6-7,21H,5,8-17H2,1-2H3,(H2,24,25,26). The molecule has 0 spiro atoms. The average Bonchev–Trinajstić information content (AvgIpc) is 3.45. The van der Waals surface area contributed by atoms with E-state index in [-0.39, 0.29) is 6.10 Å². The molecule has 1 aromatic heterocycles. The second kappa shape index (κ2) is 11.4. The minimum absolute atomic E-state index is 0.243. The molecule has 2 aliphatic rings. The Morgan fingerprint density at radius 1 is 1.12 bits per heavy atom. The van der Waals surface area contributed by atoms with Crippen LogP contribution >= 0.6 is 0 Å². The van der Waals surface area contributed by atoms with Crippen LogP contribution in [0.25, 0.3) is 0 Å². The van der Waals surface area contributed by atoms with Crippen LogP contribution in [0.2, 0.25) is 0 Å². The van der Waals surface area contributed by atoms with Gasteiger partial charge in [0, 0.05) is 39.8 Å². The number of aliphatic imine (C=N–C) groups is 1. The molecule has 2 fully saturated rings. The number of aryl methyl sites for hydroxylation is 1. The largest absolute Gasteiger partial charge is 0.379 e. The Labute approximate surface area is 190 Å². The maximum atomic E-state index is 5.77. The molecule has 0 bridgehead atoms. The fourth-order valence-electron chi connectivity index (χ4n) is 3.99. The Kier molecular flexibility index (Phi) is 8.08. The number of morpholine rings is 1. The zero-order chi connectivity index (χ0) is 22.2. The summed E-state index contributed by atoms with van der Waals surface area (Å²) in [6.07, 6.45) is 2.46. The summed E-state index contributed by atoms with van der Waals surface area (Å²) >= 11 is 0. The van der Waals surface area contributed by atoms with Gasteiger partial charge in [0.05, 0.1) is 32.4 Å². The Morgan fingerprint density at radius 3 is 2.66 bits per heavy atom. The molecule has 2 N–H and O–H groups in total. The van der Waals surface area contributed by atoms with Gasteiger partial charge in [-0.05, 0) is 30.9 Å². The molecular formula is C23H35N7O2. The number of rotatable bonds is 8. The summed E-state index contributed by atoms with van der Waals surface area (Å²) in [5.74, 6) is 2.54.